The Hall–Kier alpha value is -2.04. The van der Waals surface area contributed by atoms with Crippen LogP contribution in [0.2, 0.25) is 0 Å². The lowest BCUT2D eigenvalue weighted by molar-refractivity contribution is 1.23. The Balaban J connectivity index is 2.26. The summed E-state index contributed by atoms with van der Waals surface area (Å²) in [7, 11) is 0. The van der Waals surface area contributed by atoms with Crippen LogP contribution in [0, 0.1) is 0 Å². The Bertz CT molecular complexity index is 1100. The third kappa shape index (κ3) is 1.23. The Morgan fingerprint density at radius 1 is 0.900 bits per heavy atom. The molecular formula is C16H8N2S2. The summed E-state index contributed by atoms with van der Waals surface area (Å²) in [5, 5.41) is 7.32. The van der Waals surface area contributed by atoms with E-state index in [4.69, 9.17) is 0 Å². The van der Waals surface area contributed by atoms with Gasteiger partial charge in [-0.1, -0.05) is 18.2 Å². The van der Waals surface area contributed by atoms with E-state index in [0.29, 0.717) is 0 Å². The van der Waals surface area contributed by atoms with Crippen LogP contribution in [0.15, 0.2) is 48.2 Å². The molecule has 0 saturated carbocycles. The van der Waals surface area contributed by atoms with Crippen molar-refractivity contribution >= 4 is 63.8 Å². The van der Waals surface area contributed by atoms with Gasteiger partial charge in [-0.3, -0.25) is 0 Å². The Morgan fingerprint density at radius 2 is 1.85 bits per heavy atom. The molecule has 2 aromatic carbocycles. The minimum Gasteiger partial charge on any atom is -0.244 e. The molecule has 0 fully saturated rings. The van der Waals surface area contributed by atoms with Crippen LogP contribution in [0.25, 0.3) is 41.2 Å². The van der Waals surface area contributed by atoms with Crippen molar-refractivity contribution in [2.45, 2.75) is 0 Å². The highest BCUT2D eigenvalue weighted by molar-refractivity contribution is 7.27. The summed E-state index contributed by atoms with van der Waals surface area (Å²) in [6, 6.07) is 10.8. The summed E-state index contributed by atoms with van der Waals surface area (Å²) in [6.45, 7) is 0. The highest BCUT2D eigenvalue weighted by Gasteiger charge is 2.15. The standard InChI is InChI=1S/C16H8N2S2/c1-2-4-12-9(3-1)13-10-5-6-19-16(10)14-11(15(13)20-12)7-17-8-18-14/h1-8H. The number of hydrogen-bond donors (Lipinski definition) is 0. The molecule has 2 nitrogen and oxygen atoms in total. The molecule has 0 N–H and O–H groups in total. The van der Waals surface area contributed by atoms with Crippen LogP contribution in [0.5, 0.6) is 0 Å². The Kier molecular flexibility index (Phi) is 2.01. The van der Waals surface area contributed by atoms with Gasteiger partial charge in [-0.2, -0.15) is 0 Å². The first-order valence-electron chi connectivity index (χ1n) is 6.33. The first-order chi connectivity index (χ1) is 9.93. The fourth-order valence-corrected chi connectivity index (χ4v) is 5.01. The molecule has 3 heterocycles. The van der Waals surface area contributed by atoms with Crippen molar-refractivity contribution in [2.24, 2.45) is 0 Å². The molecule has 0 amide bonds. The lowest BCUT2D eigenvalue weighted by atomic mass is 10.1. The lowest BCUT2D eigenvalue weighted by Gasteiger charge is -2.01. The van der Waals surface area contributed by atoms with Gasteiger partial charge in [0.15, 0.2) is 0 Å². The van der Waals surface area contributed by atoms with Gasteiger partial charge in [0.05, 0.1) is 10.2 Å². The third-order valence-corrected chi connectivity index (χ3v) is 5.83. The topological polar surface area (TPSA) is 25.8 Å². The van der Waals surface area contributed by atoms with E-state index in [1.807, 2.05) is 17.5 Å². The predicted molar refractivity (Wildman–Crippen MR) is 87.8 cm³/mol. The molecule has 0 aliphatic heterocycles. The average molecular weight is 292 g/mol. The molecule has 0 saturated heterocycles. The van der Waals surface area contributed by atoms with Crippen LogP contribution in [0.3, 0.4) is 0 Å². The van der Waals surface area contributed by atoms with Gasteiger partial charge in [-0.25, -0.2) is 9.97 Å². The number of thiophene rings is 2. The van der Waals surface area contributed by atoms with Crippen LogP contribution >= 0.6 is 22.7 Å². The highest BCUT2D eigenvalue weighted by atomic mass is 32.1. The van der Waals surface area contributed by atoms with Gasteiger partial charge in [0.1, 0.15) is 6.33 Å². The second-order valence-corrected chi connectivity index (χ2v) is 6.72. The van der Waals surface area contributed by atoms with E-state index in [1.54, 1.807) is 17.7 Å². The molecule has 0 aliphatic carbocycles. The second-order valence-electron chi connectivity index (χ2n) is 4.75. The van der Waals surface area contributed by atoms with E-state index < -0.39 is 0 Å². The van der Waals surface area contributed by atoms with E-state index in [1.165, 1.54) is 35.6 Å². The smallest absolute Gasteiger partial charge is 0.116 e. The van der Waals surface area contributed by atoms with Gasteiger partial charge >= 0.3 is 0 Å². The molecular weight excluding hydrogens is 284 g/mol. The van der Waals surface area contributed by atoms with Crippen molar-refractivity contribution in [1.82, 2.24) is 9.97 Å². The van der Waals surface area contributed by atoms with Gasteiger partial charge in [-0.15, -0.1) is 22.7 Å². The Morgan fingerprint density at radius 3 is 2.85 bits per heavy atom. The number of aromatic nitrogens is 2. The van der Waals surface area contributed by atoms with Crippen LogP contribution in [-0.2, 0) is 0 Å². The predicted octanol–water partition coefficient (Wildman–Crippen LogP) is 5.21. The summed E-state index contributed by atoms with van der Waals surface area (Å²) in [5.41, 5.74) is 1.07. The van der Waals surface area contributed by atoms with Crippen molar-refractivity contribution in [3.8, 4) is 0 Å². The van der Waals surface area contributed by atoms with E-state index in [9.17, 15) is 0 Å². The molecule has 3 aromatic heterocycles. The highest BCUT2D eigenvalue weighted by Crippen LogP contribution is 2.44. The van der Waals surface area contributed by atoms with Crippen LogP contribution in [-0.4, -0.2) is 9.97 Å². The molecule has 20 heavy (non-hydrogen) atoms. The van der Waals surface area contributed by atoms with E-state index in [0.717, 1.165) is 5.52 Å². The maximum absolute atomic E-state index is 4.51. The summed E-state index contributed by atoms with van der Waals surface area (Å²) in [4.78, 5) is 8.73. The van der Waals surface area contributed by atoms with Crippen molar-refractivity contribution < 1.29 is 0 Å². The minimum absolute atomic E-state index is 1.07. The zero-order valence-electron chi connectivity index (χ0n) is 10.3. The molecule has 0 aliphatic rings. The minimum atomic E-state index is 1.07. The zero-order valence-corrected chi connectivity index (χ0v) is 12.0. The summed E-state index contributed by atoms with van der Waals surface area (Å²) in [6.07, 6.45) is 3.58. The van der Waals surface area contributed by atoms with Gasteiger partial charge in [-0.05, 0) is 17.5 Å². The first-order valence-corrected chi connectivity index (χ1v) is 8.03. The SMILES string of the molecule is c1ccc2c(c1)sc1c3cncnc3c3sccc3c21. The van der Waals surface area contributed by atoms with E-state index in [-0.39, 0.29) is 0 Å². The van der Waals surface area contributed by atoms with Gasteiger partial charge in [0.2, 0.25) is 0 Å². The third-order valence-electron chi connectivity index (χ3n) is 3.70. The van der Waals surface area contributed by atoms with Crippen molar-refractivity contribution in [2.75, 3.05) is 0 Å². The van der Waals surface area contributed by atoms with Gasteiger partial charge in [0, 0.05) is 37.1 Å². The molecule has 0 radical (unpaired) electrons. The van der Waals surface area contributed by atoms with Crippen LogP contribution in [0.1, 0.15) is 0 Å². The van der Waals surface area contributed by atoms with Crippen molar-refractivity contribution in [3.63, 3.8) is 0 Å². The van der Waals surface area contributed by atoms with Gasteiger partial charge in [0.25, 0.3) is 0 Å². The van der Waals surface area contributed by atoms with Crippen molar-refractivity contribution in [1.29, 1.82) is 0 Å². The maximum atomic E-state index is 4.51. The van der Waals surface area contributed by atoms with E-state index in [2.05, 4.69) is 45.7 Å². The fraction of sp³-hybridized carbons (Fsp3) is 0. The molecule has 0 unspecified atom stereocenters. The zero-order chi connectivity index (χ0) is 13.1. The summed E-state index contributed by atoms with van der Waals surface area (Å²) in [5.74, 6) is 0. The second kappa shape index (κ2) is 3.75. The Labute approximate surface area is 122 Å². The molecule has 94 valence electrons. The molecule has 4 heteroatoms. The quantitative estimate of drug-likeness (QED) is 0.391. The van der Waals surface area contributed by atoms with E-state index >= 15 is 0 Å². The lowest BCUT2D eigenvalue weighted by Crippen LogP contribution is -1.81. The average Bonchev–Trinajstić information content (AvgIpc) is 3.11. The number of benzene rings is 2. The number of rotatable bonds is 0. The largest absolute Gasteiger partial charge is 0.244 e. The molecule has 0 atom stereocenters. The molecule has 5 rings (SSSR count). The normalized spacial score (nSPS) is 12.0. The van der Waals surface area contributed by atoms with Crippen LogP contribution in [0.4, 0.5) is 0 Å². The van der Waals surface area contributed by atoms with Crippen LogP contribution < -0.4 is 0 Å². The summed E-state index contributed by atoms with van der Waals surface area (Å²) < 4.78 is 3.89. The maximum Gasteiger partial charge on any atom is 0.116 e. The number of nitrogens with zero attached hydrogens (tertiary/aromatic N) is 2. The monoisotopic (exact) mass is 292 g/mol. The number of hydrogen-bond acceptors (Lipinski definition) is 4. The summed E-state index contributed by atoms with van der Waals surface area (Å²) >= 11 is 3.59. The fourth-order valence-electron chi connectivity index (χ4n) is 2.87. The molecule has 5 aromatic rings. The molecule has 0 spiro atoms. The number of fused-ring (bicyclic) bond motifs is 8. The van der Waals surface area contributed by atoms with Gasteiger partial charge < -0.3 is 0 Å². The molecule has 0 bridgehead atoms. The van der Waals surface area contributed by atoms with Crippen molar-refractivity contribution in [3.05, 3.63) is 48.2 Å². The first kappa shape index (κ1) is 10.7.